The molecule has 1 amide bonds. The third kappa shape index (κ3) is 6.38. The van der Waals surface area contributed by atoms with Gasteiger partial charge in [-0.3, -0.25) is 4.79 Å². The number of alkyl halides is 2. The monoisotopic (exact) mass is 382 g/mol. The first kappa shape index (κ1) is 20.3. The van der Waals surface area contributed by atoms with Gasteiger partial charge in [-0.25, -0.2) is 4.39 Å². The van der Waals surface area contributed by atoms with E-state index in [9.17, 15) is 18.0 Å². The topological polar surface area (TPSA) is 41.1 Å². The summed E-state index contributed by atoms with van der Waals surface area (Å²) in [5, 5.41) is 5.89. The minimum atomic E-state index is -2.47. The number of rotatable bonds is 8. The van der Waals surface area contributed by atoms with E-state index >= 15 is 0 Å². The Hall–Kier alpha value is -1.99. The second kappa shape index (κ2) is 9.64. The largest absolute Gasteiger partial charge is 0.325 e. The molecule has 3 nitrogen and oxygen atoms in total. The molecule has 0 fully saturated rings. The van der Waals surface area contributed by atoms with E-state index < -0.39 is 5.76 Å². The summed E-state index contributed by atoms with van der Waals surface area (Å²) in [6, 6.07) is 12.3. The van der Waals surface area contributed by atoms with Gasteiger partial charge in [-0.2, -0.15) is 8.78 Å². The van der Waals surface area contributed by atoms with E-state index in [4.69, 9.17) is 0 Å². The van der Waals surface area contributed by atoms with E-state index in [0.29, 0.717) is 22.3 Å². The van der Waals surface area contributed by atoms with Gasteiger partial charge < -0.3 is 10.6 Å². The van der Waals surface area contributed by atoms with Crippen molar-refractivity contribution in [2.75, 3.05) is 11.9 Å². The lowest BCUT2D eigenvalue weighted by molar-refractivity contribution is -0.115. The molecule has 0 saturated carbocycles. The van der Waals surface area contributed by atoms with Crippen LogP contribution in [-0.2, 0) is 4.79 Å². The first-order chi connectivity index (χ1) is 12.3. The van der Waals surface area contributed by atoms with Crippen molar-refractivity contribution < 1.29 is 18.0 Å². The highest BCUT2D eigenvalue weighted by molar-refractivity contribution is 7.99. The Kier molecular flexibility index (Phi) is 7.53. The first-order valence-corrected chi connectivity index (χ1v) is 9.06. The quantitative estimate of drug-likeness (QED) is 0.627. The highest BCUT2D eigenvalue weighted by Gasteiger charge is 2.16. The molecule has 0 aromatic heterocycles. The molecule has 1 atom stereocenters. The summed E-state index contributed by atoms with van der Waals surface area (Å²) in [6.45, 7) is 4.10. The van der Waals surface area contributed by atoms with Crippen LogP contribution in [-0.4, -0.2) is 18.2 Å². The maximum absolute atomic E-state index is 13.1. The highest BCUT2D eigenvalue weighted by atomic mass is 32.2. The maximum Gasteiger partial charge on any atom is 0.288 e. The average molecular weight is 382 g/mol. The zero-order valence-electron chi connectivity index (χ0n) is 14.5. The van der Waals surface area contributed by atoms with Crippen molar-refractivity contribution in [2.45, 2.75) is 30.5 Å². The van der Waals surface area contributed by atoms with Crippen LogP contribution in [0.15, 0.2) is 53.4 Å². The van der Waals surface area contributed by atoms with Gasteiger partial charge in [-0.15, -0.1) is 0 Å². The number of hydrogen-bond donors (Lipinski definition) is 2. The minimum absolute atomic E-state index is 0.0771. The number of hydrogen-bond acceptors (Lipinski definition) is 3. The van der Waals surface area contributed by atoms with Crippen LogP contribution in [0.25, 0.3) is 0 Å². The molecule has 0 radical (unpaired) electrons. The smallest absolute Gasteiger partial charge is 0.288 e. The summed E-state index contributed by atoms with van der Waals surface area (Å²) in [7, 11) is 0. The molecule has 0 aliphatic rings. The van der Waals surface area contributed by atoms with E-state index in [2.05, 4.69) is 10.6 Å². The molecule has 140 valence electrons. The number of carbonyl (C=O) groups excluding carboxylic acids is 1. The van der Waals surface area contributed by atoms with Crippen molar-refractivity contribution in [1.29, 1.82) is 0 Å². The van der Waals surface area contributed by atoms with Gasteiger partial charge in [0.1, 0.15) is 5.82 Å². The molecule has 7 heteroatoms. The molecule has 2 aromatic rings. The van der Waals surface area contributed by atoms with Crippen molar-refractivity contribution in [1.82, 2.24) is 5.32 Å². The van der Waals surface area contributed by atoms with Gasteiger partial charge in [0, 0.05) is 16.6 Å². The van der Waals surface area contributed by atoms with Gasteiger partial charge >= 0.3 is 0 Å². The second-order valence-corrected chi connectivity index (χ2v) is 7.17. The SMILES string of the molecule is CC(C)C(NCC(=O)Nc1ccc(SC(F)F)cc1)c1ccc(F)cc1. The van der Waals surface area contributed by atoms with Crippen LogP contribution in [0.2, 0.25) is 0 Å². The van der Waals surface area contributed by atoms with Crippen LogP contribution >= 0.6 is 11.8 Å². The molecule has 0 saturated heterocycles. The highest BCUT2D eigenvalue weighted by Crippen LogP contribution is 2.26. The average Bonchev–Trinajstić information content (AvgIpc) is 2.57. The lowest BCUT2D eigenvalue weighted by atomic mass is 9.96. The zero-order valence-corrected chi connectivity index (χ0v) is 15.3. The number of benzene rings is 2. The lowest BCUT2D eigenvalue weighted by Crippen LogP contribution is -2.33. The fourth-order valence-electron chi connectivity index (χ4n) is 2.54. The van der Waals surface area contributed by atoms with Crippen molar-refractivity contribution >= 4 is 23.4 Å². The van der Waals surface area contributed by atoms with Crippen molar-refractivity contribution in [3.05, 3.63) is 59.9 Å². The summed E-state index contributed by atoms with van der Waals surface area (Å²) in [6.07, 6.45) is 0. The fraction of sp³-hybridized carbons (Fsp3) is 0.316. The van der Waals surface area contributed by atoms with Gasteiger partial charge in [0.25, 0.3) is 5.76 Å². The maximum atomic E-state index is 13.1. The van der Waals surface area contributed by atoms with Crippen LogP contribution < -0.4 is 10.6 Å². The molecule has 0 bridgehead atoms. The molecule has 0 aliphatic carbocycles. The van der Waals surface area contributed by atoms with E-state index in [1.165, 1.54) is 24.3 Å². The Morgan fingerprint density at radius 1 is 1.04 bits per heavy atom. The van der Waals surface area contributed by atoms with Crippen LogP contribution in [0.1, 0.15) is 25.5 Å². The third-order valence-electron chi connectivity index (χ3n) is 3.74. The number of thioether (sulfide) groups is 1. The molecular formula is C19H21F3N2OS. The van der Waals surface area contributed by atoms with Crippen LogP contribution in [0, 0.1) is 11.7 Å². The molecule has 26 heavy (non-hydrogen) atoms. The Labute approximate surface area is 155 Å². The number of carbonyl (C=O) groups is 1. The van der Waals surface area contributed by atoms with E-state index in [0.717, 1.165) is 5.56 Å². The van der Waals surface area contributed by atoms with E-state index in [-0.39, 0.29) is 30.2 Å². The summed E-state index contributed by atoms with van der Waals surface area (Å²) in [5.74, 6) is -2.81. The van der Waals surface area contributed by atoms with Crippen molar-refractivity contribution in [3.8, 4) is 0 Å². The Bertz CT molecular complexity index is 706. The molecule has 0 heterocycles. The van der Waals surface area contributed by atoms with Crippen molar-refractivity contribution in [2.24, 2.45) is 5.92 Å². The fourth-order valence-corrected chi connectivity index (χ4v) is 3.04. The van der Waals surface area contributed by atoms with Crippen LogP contribution in [0.3, 0.4) is 0 Å². The molecule has 0 spiro atoms. The summed E-state index contributed by atoms with van der Waals surface area (Å²) in [5.41, 5.74) is 1.45. The number of amides is 1. The zero-order chi connectivity index (χ0) is 19.1. The number of halogens is 3. The van der Waals surface area contributed by atoms with Crippen molar-refractivity contribution in [3.63, 3.8) is 0 Å². The van der Waals surface area contributed by atoms with Crippen LogP contribution in [0.5, 0.6) is 0 Å². The molecule has 2 N–H and O–H groups in total. The Balaban J connectivity index is 1.90. The predicted octanol–water partition coefficient (Wildman–Crippen LogP) is 5.07. The number of nitrogens with one attached hydrogen (secondary N) is 2. The Morgan fingerprint density at radius 2 is 1.65 bits per heavy atom. The molecule has 1 unspecified atom stereocenters. The van der Waals surface area contributed by atoms with E-state index in [1.54, 1.807) is 24.3 Å². The Morgan fingerprint density at radius 3 is 2.19 bits per heavy atom. The molecule has 2 aromatic carbocycles. The number of anilines is 1. The van der Waals surface area contributed by atoms with Gasteiger partial charge in [-0.1, -0.05) is 37.7 Å². The van der Waals surface area contributed by atoms with Gasteiger partial charge in [0.2, 0.25) is 5.91 Å². The summed E-state index contributed by atoms with van der Waals surface area (Å²) >= 11 is 0.457. The van der Waals surface area contributed by atoms with Gasteiger partial charge in [0.05, 0.1) is 6.54 Å². The molecule has 2 rings (SSSR count). The van der Waals surface area contributed by atoms with Gasteiger partial charge in [-0.05, 0) is 47.9 Å². The second-order valence-electron chi connectivity index (χ2n) is 6.11. The summed E-state index contributed by atoms with van der Waals surface area (Å²) in [4.78, 5) is 12.6. The normalized spacial score (nSPS) is 12.4. The van der Waals surface area contributed by atoms with E-state index in [1.807, 2.05) is 13.8 Å². The van der Waals surface area contributed by atoms with Gasteiger partial charge in [0.15, 0.2) is 0 Å². The first-order valence-electron chi connectivity index (χ1n) is 8.18. The van der Waals surface area contributed by atoms with Crippen LogP contribution in [0.4, 0.5) is 18.9 Å². The standard InChI is InChI=1S/C19H21F3N2OS/c1-12(2)18(13-3-5-14(20)6-4-13)23-11-17(25)24-15-7-9-16(10-8-15)26-19(21)22/h3-10,12,18-19,23H,11H2,1-2H3,(H,24,25). The predicted molar refractivity (Wildman–Crippen MR) is 98.9 cm³/mol. The summed E-state index contributed by atoms with van der Waals surface area (Å²) < 4.78 is 37.7. The minimum Gasteiger partial charge on any atom is -0.325 e. The third-order valence-corrected chi connectivity index (χ3v) is 4.46. The molecular weight excluding hydrogens is 361 g/mol. The lowest BCUT2D eigenvalue weighted by Gasteiger charge is -2.22. The molecule has 0 aliphatic heterocycles.